The zero-order valence-electron chi connectivity index (χ0n) is 9.61. The zero-order chi connectivity index (χ0) is 13.0. The standard InChI is InChI=1S/C12H11ClN4O/c1-2-9-12(15-8-3-5-18-6-4-8)17-11(13)10(7-14)16-9/h1,8H,3-6H2,(H,15,17). The van der Waals surface area contributed by atoms with Crippen molar-refractivity contribution in [3.05, 3.63) is 16.5 Å². The highest BCUT2D eigenvalue weighted by Gasteiger charge is 2.17. The molecule has 6 heteroatoms. The van der Waals surface area contributed by atoms with E-state index in [1.807, 2.05) is 6.07 Å². The highest BCUT2D eigenvalue weighted by atomic mass is 35.5. The molecule has 2 rings (SSSR count). The van der Waals surface area contributed by atoms with Crippen LogP contribution in [0.5, 0.6) is 0 Å². The van der Waals surface area contributed by atoms with Crippen LogP contribution in [0.15, 0.2) is 0 Å². The Hall–Kier alpha value is -1.82. The summed E-state index contributed by atoms with van der Waals surface area (Å²) in [6.07, 6.45) is 7.12. The molecule has 1 aromatic heterocycles. The average molecular weight is 263 g/mol. The fraction of sp³-hybridized carbons (Fsp3) is 0.417. The van der Waals surface area contributed by atoms with Crippen molar-refractivity contribution in [1.82, 2.24) is 9.97 Å². The predicted molar refractivity (Wildman–Crippen MR) is 67.2 cm³/mol. The molecule has 2 heterocycles. The number of ether oxygens (including phenoxy) is 1. The molecule has 1 aliphatic heterocycles. The number of aromatic nitrogens is 2. The number of rotatable bonds is 2. The van der Waals surface area contributed by atoms with Crippen LogP contribution in [0.3, 0.4) is 0 Å². The molecule has 1 aromatic rings. The Morgan fingerprint density at radius 2 is 2.06 bits per heavy atom. The summed E-state index contributed by atoms with van der Waals surface area (Å²) >= 11 is 5.85. The highest BCUT2D eigenvalue weighted by Crippen LogP contribution is 2.20. The third-order valence-corrected chi connectivity index (χ3v) is 2.92. The molecule has 1 saturated heterocycles. The van der Waals surface area contributed by atoms with Gasteiger partial charge in [0.25, 0.3) is 0 Å². The summed E-state index contributed by atoms with van der Waals surface area (Å²) < 4.78 is 5.27. The van der Waals surface area contributed by atoms with Gasteiger partial charge in [-0.15, -0.1) is 6.42 Å². The first-order valence-electron chi connectivity index (χ1n) is 5.53. The summed E-state index contributed by atoms with van der Waals surface area (Å²) in [6, 6.07) is 2.09. The second kappa shape index (κ2) is 5.68. The molecule has 92 valence electrons. The summed E-state index contributed by atoms with van der Waals surface area (Å²) in [7, 11) is 0. The van der Waals surface area contributed by atoms with E-state index in [0.717, 1.165) is 12.8 Å². The molecule has 0 spiro atoms. The van der Waals surface area contributed by atoms with Crippen LogP contribution >= 0.6 is 11.6 Å². The van der Waals surface area contributed by atoms with Crippen LogP contribution in [0.2, 0.25) is 5.15 Å². The van der Waals surface area contributed by atoms with Gasteiger partial charge in [0.1, 0.15) is 6.07 Å². The first-order valence-corrected chi connectivity index (χ1v) is 5.91. The van der Waals surface area contributed by atoms with Crippen LogP contribution in [0.25, 0.3) is 0 Å². The van der Waals surface area contributed by atoms with E-state index >= 15 is 0 Å². The van der Waals surface area contributed by atoms with Gasteiger partial charge in [-0.05, 0) is 18.8 Å². The summed E-state index contributed by atoms with van der Waals surface area (Å²) in [5.41, 5.74) is 0.351. The third kappa shape index (κ3) is 2.70. The van der Waals surface area contributed by atoms with Gasteiger partial charge >= 0.3 is 0 Å². The first kappa shape index (κ1) is 12.6. The van der Waals surface area contributed by atoms with Crippen LogP contribution < -0.4 is 5.32 Å². The molecule has 0 bridgehead atoms. The molecule has 0 amide bonds. The van der Waals surface area contributed by atoms with Crippen molar-refractivity contribution < 1.29 is 4.74 Å². The second-order valence-electron chi connectivity index (χ2n) is 3.85. The lowest BCUT2D eigenvalue weighted by Crippen LogP contribution is -2.28. The smallest absolute Gasteiger partial charge is 0.179 e. The number of nitrogens with zero attached hydrogens (tertiary/aromatic N) is 3. The maximum atomic E-state index is 8.81. The molecule has 0 atom stereocenters. The lowest BCUT2D eigenvalue weighted by molar-refractivity contribution is 0.0904. The Morgan fingerprint density at radius 1 is 1.33 bits per heavy atom. The number of nitriles is 1. The number of nitrogens with one attached hydrogen (secondary N) is 1. The lowest BCUT2D eigenvalue weighted by Gasteiger charge is -2.23. The summed E-state index contributed by atoms with van der Waals surface area (Å²) in [5.74, 6) is 2.86. The molecule has 0 aromatic carbocycles. The van der Waals surface area contributed by atoms with Crippen LogP contribution in [0.4, 0.5) is 5.82 Å². The van der Waals surface area contributed by atoms with E-state index in [4.69, 9.17) is 28.0 Å². The quantitative estimate of drug-likeness (QED) is 0.820. The molecule has 1 aliphatic rings. The van der Waals surface area contributed by atoms with Gasteiger partial charge in [-0.2, -0.15) is 5.26 Å². The molecular formula is C12H11ClN4O. The van der Waals surface area contributed by atoms with E-state index < -0.39 is 0 Å². The fourth-order valence-corrected chi connectivity index (χ4v) is 1.89. The van der Waals surface area contributed by atoms with E-state index in [-0.39, 0.29) is 16.9 Å². The molecule has 18 heavy (non-hydrogen) atoms. The average Bonchev–Trinajstić information content (AvgIpc) is 2.40. The molecule has 1 fully saturated rings. The lowest BCUT2D eigenvalue weighted by atomic mass is 10.1. The molecular weight excluding hydrogens is 252 g/mol. The van der Waals surface area contributed by atoms with Gasteiger partial charge in [0.2, 0.25) is 0 Å². The molecule has 0 aliphatic carbocycles. The molecule has 0 unspecified atom stereocenters. The molecule has 1 N–H and O–H groups in total. The maximum Gasteiger partial charge on any atom is 0.179 e. The van der Waals surface area contributed by atoms with Crippen molar-refractivity contribution in [3.8, 4) is 18.4 Å². The van der Waals surface area contributed by atoms with Crippen molar-refractivity contribution in [2.75, 3.05) is 18.5 Å². The van der Waals surface area contributed by atoms with Gasteiger partial charge in [0.05, 0.1) is 0 Å². The summed E-state index contributed by atoms with van der Waals surface area (Å²) in [5, 5.41) is 12.1. The van der Waals surface area contributed by atoms with Crippen molar-refractivity contribution in [1.29, 1.82) is 5.26 Å². The minimum Gasteiger partial charge on any atom is -0.381 e. The monoisotopic (exact) mass is 262 g/mol. The topological polar surface area (TPSA) is 70.8 Å². The first-order chi connectivity index (χ1) is 8.74. The van der Waals surface area contributed by atoms with Crippen molar-refractivity contribution >= 4 is 17.4 Å². The van der Waals surface area contributed by atoms with Crippen LogP contribution in [-0.4, -0.2) is 29.2 Å². The maximum absolute atomic E-state index is 8.81. The van der Waals surface area contributed by atoms with Gasteiger partial charge in [-0.25, -0.2) is 9.97 Å². The Balaban J connectivity index is 2.24. The number of hydrogen-bond acceptors (Lipinski definition) is 5. The number of anilines is 1. The van der Waals surface area contributed by atoms with Crippen LogP contribution in [0, 0.1) is 23.7 Å². The Bertz CT molecular complexity index is 526. The number of terminal acetylenes is 1. The normalized spacial score (nSPS) is 15.7. The van der Waals surface area contributed by atoms with E-state index in [1.165, 1.54) is 0 Å². The van der Waals surface area contributed by atoms with Crippen molar-refractivity contribution in [2.24, 2.45) is 0 Å². The van der Waals surface area contributed by atoms with E-state index in [2.05, 4.69) is 21.2 Å². The minimum absolute atomic E-state index is 0.0437. The van der Waals surface area contributed by atoms with Gasteiger partial charge in [0, 0.05) is 19.3 Å². The van der Waals surface area contributed by atoms with Crippen molar-refractivity contribution in [2.45, 2.75) is 18.9 Å². The number of halogens is 1. The molecule has 5 nitrogen and oxygen atoms in total. The third-order valence-electron chi connectivity index (χ3n) is 2.66. The Kier molecular flexibility index (Phi) is 3.99. The van der Waals surface area contributed by atoms with E-state index in [9.17, 15) is 0 Å². The van der Waals surface area contributed by atoms with Crippen LogP contribution in [-0.2, 0) is 4.74 Å². The zero-order valence-corrected chi connectivity index (χ0v) is 10.4. The largest absolute Gasteiger partial charge is 0.381 e. The Morgan fingerprint density at radius 3 is 2.67 bits per heavy atom. The summed E-state index contributed by atoms with van der Waals surface area (Å²) in [4.78, 5) is 8.08. The second-order valence-corrected chi connectivity index (χ2v) is 4.21. The highest BCUT2D eigenvalue weighted by molar-refractivity contribution is 6.30. The van der Waals surface area contributed by atoms with E-state index in [1.54, 1.807) is 0 Å². The molecule has 0 radical (unpaired) electrons. The molecule has 0 saturated carbocycles. The van der Waals surface area contributed by atoms with Gasteiger partial charge in [-0.1, -0.05) is 11.6 Å². The predicted octanol–water partition coefficient (Wildman–Crippen LogP) is 1.57. The SMILES string of the molecule is C#Cc1nc(C#N)c(Cl)nc1NC1CCOCC1. The van der Waals surface area contributed by atoms with Crippen molar-refractivity contribution in [3.63, 3.8) is 0 Å². The number of hydrogen-bond donors (Lipinski definition) is 1. The van der Waals surface area contributed by atoms with Gasteiger partial charge in [0.15, 0.2) is 22.4 Å². The minimum atomic E-state index is 0.0437. The summed E-state index contributed by atoms with van der Waals surface area (Å²) in [6.45, 7) is 1.42. The Labute approximate surface area is 110 Å². The van der Waals surface area contributed by atoms with Crippen LogP contribution in [0.1, 0.15) is 24.2 Å². The fourth-order valence-electron chi connectivity index (χ4n) is 1.72. The van der Waals surface area contributed by atoms with E-state index in [0.29, 0.717) is 24.7 Å². The van der Waals surface area contributed by atoms with Gasteiger partial charge < -0.3 is 10.1 Å². The van der Waals surface area contributed by atoms with Gasteiger partial charge in [-0.3, -0.25) is 0 Å².